The van der Waals surface area contributed by atoms with Gasteiger partial charge in [0.1, 0.15) is 6.04 Å². The van der Waals surface area contributed by atoms with Crippen molar-refractivity contribution in [1.82, 2.24) is 10.2 Å². The molecule has 5 heteroatoms. The van der Waals surface area contributed by atoms with Crippen LogP contribution in [-0.4, -0.2) is 48.9 Å². The molecule has 5 nitrogen and oxygen atoms in total. The van der Waals surface area contributed by atoms with Gasteiger partial charge in [0.15, 0.2) is 0 Å². The SMILES string of the molecule is Cc1ccc(CN2C(=O)CCC2C(=O)NCCC[NH+]2CCC(C)CC2)cc1. The van der Waals surface area contributed by atoms with E-state index in [1.807, 2.05) is 19.1 Å². The highest BCUT2D eigenvalue weighted by Gasteiger charge is 2.35. The molecule has 2 fully saturated rings. The van der Waals surface area contributed by atoms with Crippen LogP contribution < -0.4 is 10.2 Å². The number of carbonyl (C=O) groups excluding carboxylic acids is 2. The van der Waals surface area contributed by atoms with Gasteiger partial charge in [0.25, 0.3) is 0 Å². The van der Waals surface area contributed by atoms with Gasteiger partial charge in [-0.3, -0.25) is 9.59 Å². The van der Waals surface area contributed by atoms with Crippen molar-refractivity contribution < 1.29 is 14.5 Å². The first kappa shape index (κ1) is 19.9. The summed E-state index contributed by atoms with van der Waals surface area (Å²) in [5.74, 6) is 0.964. The maximum Gasteiger partial charge on any atom is 0.242 e. The Kier molecular flexibility index (Phi) is 6.89. The molecule has 1 unspecified atom stereocenters. The van der Waals surface area contributed by atoms with Crippen LogP contribution in [0.3, 0.4) is 0 Å². The molecular formula is C22H34N3O2+. The summed E-state index contributed by atoms with van der Waals surface area (Å²) in [6, 6.07) is 7.86. The molecule has 0 aliphatic carbocycles. The predicted molar refractivity (Wildman–Crippen MR) is 106 cm³/mol. The molecule has 0 bridgehead atoms. The first-order valence-corrected chi connectivity index (χ1v) is 10.5. The summed E-state index contributed by atoms with van der Waals surface area (Å²) in [6.07, 6.45) is 4.75. The average Bonchev–Trinajstić information content (AvgIpc) is 3.02. The van der Waals surface area contributed by atoms with Crippen molar-refractivity contribution in [3.8, 4) is 0 Å². The van der Waals surface area contributed by atoms with E-state index in [-0.39, 0.29) is 17.9 Å². The second kappa shape index (κ2) is 9.36. The van der Waals surface area contributed by atoms with Crippen molar-refractivity contribution in [1.29, 1.82) is 0 Å². The molecule has 0 aromatic heterocycles. The topological polar surface area (TPSA) is 53.9 Å². The normalized spacial score (nSPS) is 25.6. The molecule has 2 heterocycles. The Hall–Kier alpha value is -1.88. The first-order valence-electron chi connectivity index (χ1n) is 10.5. The highest BCUT2D eigenvalue weighted by Crippen LogP contribution is 2.22. The number of hydrogen-bond acceptors (Lipinski definition) is 2. The molecule has 0 spiro atoms. The van der Waals surface area contributed by atoms with E-state index < -0.39 is 0 Å². The average molecular weight is 373 g/mol. The van der Waals surface area contributed by atoms with E-state index >= 15 is 0 Å². The van der Waals surface area contributed by atoms with Gasteiger partial charge in [-0.1, -0.05) is 36.8 Å². The van der Waals surface area contributed by atoms with Gasteiger partial charge in [0, 0.05) is 25.9 Å². The van der Waals surface area contributed by atoms with Gasteiger partial charge < -0.3 is 15.1 Å². The number of amides is 2. The maximum atomic E-state index is 12.6. The van der Waals surface area contributed by atoms with Crippen LogP contribution >= 0.6 is 0 Å². The molecule has 1 aromatic rings. The van der Waals surface area contributed by atoms with Gasteiger partial charge in [-0.05, 0) is 37.7 Å². The van der Waals surface area contributed by atoms with Gasteiger partial charge in [-0.25, -0.2) is 0 Å². The van der Waals surface area contributed by atoms with Crippen LogP contribution in [0.25, 0.3) is 0 Å². The summed E-state index contributed by atoms with van der Waals surface area (Å²) >= 11 is 0. The van der Waals surface area contributed by atoms with Crippen molar-refractivity contribution in [3.63, 3.8) is 0 Å². The number of benzene rings is 1. The number of hydrogen-bond donors (Lipinski definition) is 2. The van der Waals surface area contributed by atoms with E-state index in [1.165, 1.54) is 31.5 Å². The van der Waals surface area contributed by atoms with Gasteiger partial charge in [0.2, 0.25) is 11.8 Å². The molecule has 2 aliphatic heterocycles. The van der Waals surface area contributed by atoms with Crippen LogP contribution in [0.2, 0.25) is 0 Å². The fraction of sp³-hybridized carbons (Fsp3) is 0.636. The molecule has 0 saturated carbocycles. The lowest BCUT2D eigenvalue weighted by Crippen LogP contribution is -3.13. The maximum absolute atomic E-state index is 12.6. The van der Waals surface area contributed by atoms with E-state index in [9.17, 15) is 9.59 Å². The summed E-state index contributed by atoms with van der Waals surface area (Å²) in [7, 11) is 0. The third-order valence-corrected chi connectivity index (χ3v) is 6.09. The van der Waals surface area contributed by atoms with Crippen molar-refractivity contribution >= 4 is 11.8 Å². The minimum atomic E-state index is -0.318. The van der Waals surface area contributed by atoms with E-state index in [0.717, 1.165) is 24.4 Å². The molecule has 2 saturated heterocycles. The zero-order valence-electron chi connectivity index (χ0n) is 16.8. The Morgan fingerprint density at radius 2 is 1.89 bits per heavy atom. The van der Waals surface area contributed by atoms with Crippen LogP contribution in [0.4, 0.5) is 0 Å². The first-order chi connectivity index (χ1) is 13.0. The third-order valence-electron chi connectivity index (χ3n) is 6.09. The molecule has 27 heavy (non-hydrogen) atoms. The molecular weight excluding hydrogens is 338 g/mol. The van der Waals surface area contributed by atoms with Crippen LogP contribution in [0.15, 0.2) is 24.3 Å². The number of nitrogens with zero attached hydrogens (tertiary/aromatic N) is 1. The summed E-state index contributed by atoms with van der Waals surface area (Å²) < 4.78 is 0. The Morgan fingerprint density at radius 1 is 1.19 bits per heavy atom. The van der Waals surface area contributed by atoms with Gasteiger partial charge in [0.05, 0.1) is 19.6 Å². The largest absolute Gasteiger partial charge is 0.354 e. The molecule has 2 aliphatic rings. The lowest BCUT2D eigenvalue weighted by atomic mass is 9.99. The molecule has 3 rings (SSSR count). The lowest BCUT2D eigenvalue weighted by Gasteiger charge is -2.27. The van der Waals surface area contributed by atoms with Crippen molar-refractivity contribution in [2.75, 3.05) is 26.2 Å². The van der Waals surface area contributed by atoms with E-state index in [2.05, 4.69) is 24.4 Å². The quantitative estimate of drug-likeness (QED) is 0.709. The molecule has 0 radical (unpaired) electrons. The molecule has 2 N–H and O–H groups in total. The second-order valence-electron chi connectivity index (χ2n) is 8.39. The molecule has 1 aromatic carbocycles. The minimum Gasteiger partial charge on any atom is -0.354 e. The standard InChI is InChI=1S/C22H33N3O2/c1-17-4-6-19(7-5-17)16-25-20(8-9-21(25)26)22(27)23-12-3-13-24-14-10-18(2)11-15-24/h4-7,18,20H,3,8-16H2,1-2H3,(H,23,27)/p+1. The fourth-order valence-corrected chi connectivity index (χ4v) is 4.18. The Morgan fingerprint density at radius 3 is 2.59 bits per heavy atom. The number of aryl methyl sites for hydroxylation is 1. The van der Waals surface area contributed by atoms with E-state index in [1.54, 1.807) is 9.80 Å². The van der Waals surface area contributed by atoms with Gasteiger partial charge in [-0.15, -0.1) is 0 Å². The molecule has 148 valence electrons. The fourth-order valence-electron chi connectivity index (χ4n) is 4.18. The summed E-state index contributed by atoms with van der Waals surface area (Å²) in [5.41, 5.74) is 2.28. The lowest BCUT2D eigenvalue weighted by molar-refractivity contribution is -0.906. The molecule has 1 atom stereocenters. The number of rotatable bonds is 7. The number of likely N-dealkylation sites (tertiary alicyclic amines) is 2. The predicted octanol–water partition coefficient (Wildman–Crippen LogP) is 1.31. The Balaban J connectivity index is 1.43. The van der Waals surface area contributed by atoms with E-state index in [4.69, 9.17) is 0 Å². The zero-order valence-corrected chi connectivity index (χ0v) is 16.8. The Bertz CT molecular complexity index is 635. The highest BCUT2D eigenvalue weighted by atomic mass is 16.2. The van der Waals surface area contributed by atoms with Gasteiger partial charge in [-0.2, -0.15) is 0 Å². The number of quaternary nitrogens is 1. The smallest absolute Gasteiger partial charge is 0.242 e. The summed E-state index contributed by atoms with van der Waals surface area (Å²) in [4.78, 5) is 28.3. The van der Waals surface area contributed by atoms with Crippen LogP contribution in [0.5, 0.6) is 0 Å². The van der Waals surface area contributed by atoms with Crippen molar-refractivity contribution in [2.24, 2.45) is 5.92 Å². The van der Waals surface area contributed by atoms with Gasteiger partial charge >= 0.3 is 0 Å². The van der Waals surface area contributed by atoms with Crippen molar-refractivity contribution in [2.45, 2.75) is 58.5 Å². The van der Waals surface area contributed by atoms with Crippen molar-refractivity contribution in [3.05, 3.63) is 35.4 Å². The van der Waals surface area contributed by atoms with Crippen LogP contribution in [0, 0.1) is 12.8 Å². The second-order valence-corrected chi connectivity index (χ2v) is 8.39. The number of nitrogens with one attached hydrogen (secondary N) is 2. The monoisotopic (exact) mass is 372 g/mol. The highest BCUT2D eigenvalue weighted by molar-refractivity contribution is 5.90. The Labute approximate surface area is 163 Å². The third kappa shape index (κ3) is 5.55. The minimum absolute atomic E-state index is 0.00947. The van der Waals surface area contributed by atoms with E-state index in [0.29, 0.717) is 25.9 Å². The summed E-state index contributed by atoms with van der Waals surface area (Å²) in [5, 5.41) is 3.07. The van der Waals surface area contributed by atoms with Crippen LogP contribution in [-0.2, 0) is 16.1 Å². The van der Waals surface area contributed by atoms with Crippen LogP contribution in [0.1, 0.15) is 50.2 Å². The number of piperidine rings is 1. The zero-order chi connectivity index (χ0) is 19.2. The molecule has 2 amide bonds. The number of carbonyl (C=O) groups is 2. The summed E-state index contributed by atoms with van der Waals surface area (Å²) in [6.45, 7) is 9.26.